The molecule has 1 aromatic carbocycles. The lowest BCUT2D eigenvalue weighted by Gasteiger charge is -2.57. The first kappa shape index (κ1) is 18.9. The van der Waals surface area contributed by atoms with Crippen molar-refractivity contribution >= 4 is 21.7 Å². The Kier molecular flexibility index (Phi) is 4.78. The summed E-state index contributed by atoms with van der Waals surface area (Å²) in [5.41, 5.74) is 0.321. The Morgan fingerprint density at radius 3 is 2.74 bits per heavy atom. The van der Waals surface area contributed by atoms with Crippen molar-refractivity contribution in [2.45, 2.75) is 31.4 Å². The molecule has 1 aliphatic carbocycles. The van der Waals surface area contributed by atoms with E-state index in [0.29, 0.717) is 18.2 Å². The van der Waals surface area contributed by atoms with Crippen molar-refractivity contribution in [1.82, 2.24) is 14.8 Å². The van der Waals surface area contributed by atoms with Crippen LogP contribution in [0.3, 0.4) is 0 Å². The molecule has 1 saturated carbocycles. The lowest BCUT2D eigenvalue weighted by Crippen LogP contribution is -2.67. The van der Waals surface area contributed by atoms with E-state index in [1.807, 2.05) is 24.3 Å². The van der Waals surface area contributed by atoms with E-state index in [1.54, 1.807) is 11.0 Å². The minimum absolute atomic E-state index is 0.137. The van der Waals surface area contributed by atoms with Gasteiger partial charge in [-0.05, 0) is 42.9 Å². The van der Waals surface area contributed by atoms with Gasteiger partial charge in [0.2, 0.25) is 0 Å². The monoisotopic (exact) mass is 411 g/mol. The van der Waals surface area contributed by atoms with Crippen molar-refractivity contribution in [3.8, 4) is 0 Å². The normalized spacial score (nSPS) is 30.1. The Morgan fingerprint density at radius 2 is 2.15 bits per heavy atom. The second kappa shape index (κ2) is 6.84. The van der Waals surface area contributed by atoms with Gasteiger partial charge in [0.15, 0.2) is 0 Å². The van der Waals surface area contributed by atoms with E-state index in [1.165, 1.54) is 11.9 Å². The third-order valence-electron chi connectivity index (χ3n) is 5.94. The lowest BCUT2D eigenvalue weighted by molar-refractivity contribution is -0.283. The molecule has 0 bridgehead atoms. The van der Waals surface area contributed by atoms with Crippen LogP contribution in [0.15, 0.2) is 36.9 Å². The van der Waals surface area contributed by atoms with Crippen molar-refractivity contribution in [3.63, 3.8) is 0 Å². The third-order valence-corrected chi connectivity index (χ3v) is 6.74. The number of halogens is 1. The van der Waals surface area contributed by atoms with Gasteiger partial charge in [0.25, 0.3) is 10.1 Å². The number of ether oxygens (including phenoxy) is 1. The number of fused-ring (bicyclic) bond motifs is 1. The van der Waals surface area contributed by atoms with Crippen LogP contribution < -0.4 is 0 Å². The third kappa shape index (κ3) is 3.51. The molecule has 1 aromatic heterocycles. The fourth-order valence-electron chi connectivity index (χ4n) is 4.51. The summed E-state index contributed by atoms with van der Waals surface area (Å²) in [6.45, 7) is 1.16. The molecule has 27 heavy (non-hydrogen) atoms. The molecule has 2 aromatic rings. The zero-order valence-corrected chi connectivity index (χ0v) is 16.6. The number of rotatable bonds is 7. The van der Waals surface area contributed by atoms with E-state index in [-0.39, 0.29) is 17.9 Å². The summed E-state index contributed by atoms with van der Waals surface area (Å²) in [4.78, 5) is 4.03. The number of hydrogen-bond donors (Lipinski definition) is 0. The first-order valence-corrected chi connectivity index (χ1v) is 11.1. The molecule has 2 aliphatic rings. The zero-order valence-electron chi connectivity index (χ0n) is 15.0. The maximum Gasteiger partial charge on any atom is 0.264 e. The average Bonchev–Trinajstić information content (AvgIpc) is 3.17. The molecule has 0 N–H and O–H groups in total. The van der Waals surface area contributed by atoms with E-state index >= 15 is 0 Å². The van der Waals surface area contributed by atoms with Crippen LogP contribution in [0.4, 0.5) is 0 Å². The minimum Gasteiger partial charge on any atom is -0.371 e. The van der Waals surface area contributed by atoms with Gasteiger partial charge in [-0.2, -0.15) is 13.5 Å². The molecular formula is C18H22ClN3O4S. The highest BCUT2D eigenvalue weighted by Crippen LogP contribution is 2.61. The maximum atomic E-state index is 11.6. The minimum atomic E-state index is -3.51. The zero-order chi connectivity index (χ0) is 19.1. The highest BCUT2D eigenvalue weighted by Gasteiger charge is 2.68. The number of nitrogens with zero attached hydrogens (tertiary/aromatic N) is 3. The molecule has 146 valence electrons. The summed E-state index contributed by atoms with van der Waals surface area (Å²) < 4.78 is 36.4. The molecule has 3 atom stereocenters. The molecule has 0 amide bonds. The van der Waals surface area contributed by atoms with Crippen molar-refractivity contribution in [1.29, 1.82) is 0 Å². The lowest BCUT2D eigenvalue weighted by atomic mass is 9.66. The maximum absolute atomic E-state index is 11.6. The molecule has 0 spiro atoms. The Morgan fingerprint density at radius 1 is 1.37 bits per heavy atom. The van der Waals surface area contributed by atoms with E-state index in [0.717, 1.165) is 25.5 Å². The number of benzene rings is 1. The van der Waals surface area contributed by atoms with Crippen LogP contribution in [0, 0.1) is 11.3 Å². The summed E-state index contributed by atoms with van der Waals surface area (Å²) in [7, 11) is -3.51. The van der Waals surface area contributed by atoms with Gasteiger partial charge < -0.3 is 4.74 Å². The van der Waals surface area contributed by atoms with Gasteiger partial charge in [-0.1, -0.05) is 23.7 Å². The van der Waals surface area contributed by atoms with E-state index < -0.39 is 15.7 Å². The standard InChI is InChI=1S/C18H22ClN3O4S/c1-27(23,24)26-11-17-7-6-15(8-14-2-4-16(19)5-3-14)18(17,25-10-17)9-22-13-20-12-21-22/h2-5,12-13,15H,6-11H2,1H3. The van der Waals surface area contributed by atoms with E-state index in [4.69, 9.17) is 20.5 Å². The number of aromatic nitrogens is 3. The topological polar surface area (TPSA) is 83.3 Å². The van der Waals surface area contributed by atoms with Gasteiger partial charge >= 0.3 is 0 Å². The SMILES string of the molecule is CS(=O)(=O)OCC12CCC(Cc3ccc(Cl)cc3)C1(Cn1cncn1)OC2. The molecule has 4 rings (SSSR count). The second-order valence-electron chi connectivity index (χ2n) is 7.58. The molecule has 3 unspecified atom stereocenters. The first-order valence-electron chi connectivity index (χ1n) is 8.87. The molecular weight excluding hydrogens is 390 g/mol. The van der Waals surface area contributed by atoms with Crippen LogP contribution in [0.5, 0.6) is 0 Å². The largest absolute Gasteiger partial charge is 0.371 e. The van der Waals surface area contributed by atoms with E-state index in [9.17, 15) is 8.42 Å². The van der Waals surface area contributed by atoms with Gasteiger partial charge in [-0.15, -0.1) is 0 Å². The molecule has 9 heteroatoms. The molecule has 7 nitrogen and oxygen atoms in total. The van der Waals surface area contributed by atoms with Crippen LogP contribution in [0.25, 0.3) is 0 Å². The highest BCUT2D eigenvalue weighted by molar-refractivity contribution is 7.85. The molecule has 1 aliphatic heterocycles. The molecule has 2 fully saturated rings. The van der Waals surface area contributed by atoms with Gasteiger partial charge in [-0.25, -0.2) is 4.98 Å². The predicted molar refractivity (Wildman–Crippen MR) is 99.8 cm³/mol. The Hall–Kier alpha value is -1.48. The van der Waals surface area contributed by atoms with Crippen molar-refractivity contribution in [3.05, 3.63) is 47.5 Å². The fraction of sp³-hybridized carbons (Fsp3) is 0.556. The van der Waals surface area contributed by atoms with E-state index in [2.05, 4.69) is 10.1 Å². The van der Waals surface area contributed by atoms with Crippen LogP contribution in [0.2, 0.25) is 5.02 Å². The molecule has 2 heterocycles. The van der Waals surface area contributed by atoms with Crippen molar-refractivity contribution in [2.24, 2.45) is 11.3 Å². The smallest absolute Gasteiger partial charge is 0.264 e. The van der Waals surface area contributed by atoms with Crippen molar-refractivity contribution < 1.29 is 17.3 Å². The van der Waals surface area contributed by atoms with Gasteiger partial charge in [0.05, 0.1) is 26.0 Å². The average molecular weight is 412 g/mol. The van der Waals surface area contributed by atoms with Crippen LogP contribution >= 0.6 is 11.6 Å². The first-order chi connectivity index (χ1) is 12.8. The second-order valence-corrected chi connectivity index (χ2v) is 9.66. The van der Waals surface area contributed by atoms with Crippen molar-refractivity contribution in [2.75, 3.05) is 19.5 Å². The Balaban J connectivity index is 1.62. The summed E-state index contributed by atoms with van der Waals surface area (Å²) in [6, 6.07) is 7.82. The Bertz CT molecular complexity index is 903. The van der Waals surface area contributed by atoms with Gasteiger partial charge in [-0.3, -0.25) is 8.86 Å². The Labute approximate surface area is 163 Å². The number of hydrogen-bond acceptors (Lipinski definition) is 6. The summed E-state index contributed by atoms with van der Waals surface area (Å²) in [6.07, 6.45) is 6.86. The highest BCUT2D eigenvalue weighted by atomic mass is 35.5. The molecule has 0 radical (unpaired) electrons. The van der Waals surface area contributed by atoms with Crippen LogP contribution in [-0.4, -0.2) is 48.3 Å². The van der Waals surface area contributed by atoms with Crippen LogP contribution in [0.1, 0.15) is 18.4 Å². The van der Waals surface area contributed by atoms with Gasteiger partial charge in [0.1, 0.15) is 18.3 Å². The van der Waals surface area contributed by atoms with Crippen LogP contribution in [-0.2, 0) is 32.0 Å². The van der Waals surface area contributed by atoms with Gasteiger partial charge in [0, 0.05) is 10.4 Å². The summed E-state index contributed by atoms with van der Waals surface area (Å²) >= 11 is 6.00. The predicted octanol–water partition coefficient (Wildman–Crippen LogP) is 2.32. The summed E-state index contributed by atoms with van der Waals surface area (Å²) in [5.74, 6) is 0.222. The quantitative estimate of drug-likeness (QED) is 0.650. The molecule has 1 saturated heterocycles. The summed E-state index contributed by atoms with van der Waals surface area (Å²) in [5, 5.41) is 4.94. The fourth-order valence-corrected chi connectivity index (χ4v) is 5.07.